The number of halogens is 1. The molecule has 0 radical (unpaired) electrons. The van der Waals surface area contributed by atoms with E-state index in [2.05, 4.69) is 20.8 Å². The van der Waals surface area contributed by atoms with E-state index in [0.717, 1.165) is 22.9 Å². The molecule has 0 saturated carbocycles. The molecule has 3 heterocycles. The first-order valence-electron chi connectivity index (χ1n) is 6.62. The maximum absolute atomic E-state index is 6.36. The highest BCUT2D eigenvalue weighted by atomic mass is 35.5. The molecule has 3 fully saturated rings. The second-order valence-corrected chi connectivity index (χ2v) is 7.95. The lowest BCUT2D eigenvalue weighted by atomic mass is 9.81. The van der Waals surface area contributed by atoms with Crippen molar-refractivity contribution in [1.82, 2.24) is 0 Å². The Balaban J connectivity index is 1.93. The number of ether oxygens (including phenoxy) is 2. The first-order chi connectivity index (χ1) is 8.91. The van der Waals surface area contributed by atoms with E-state index < -0.39 is 5.12 Å². The third-order valence-electron chi connectivity index (χ3n) is 3.74. The Morgan fingerprint density at radius 3 is 2.47 bits per heavy atom. The second-order valence-electron chi connectivity index (χ2n) is 6.35. The molecule has 0 amide bonds. The van der Waals surface area contributed by atoms with Gasteiger partial charge in [0.1, 0.15) is 0 Å². The molecule has 3 saturated heterocycles. The lowest BCUT2D eigenvalue weighted by Crippen LogP contribution is -2.55. The fourth-order valence-electron chi connectivity index (χ4n) is 2.80. The van der Waals surface area contributed by atoms with Crippen molar-refractivity contribution in [2.24, 2.45) is 11.3 Å². The zero-order valence-electron chi connectivity index (χ0n) is 11.5. The van der Waals surface area contributed by atoms with Gasteiger partial charge in [0, 0.05) is 22.3 Å². The standard InChI is InChI=1S/C15H19ClO2S/c1-14(2,3)13-10-8-17-15(18-13,19-9-10)11-4-6-12(16)7-5-11/h4-7,10,13H,8-9H2,1-3H3. The predicted octanol–water partition coefficient (Wildman–Crippen LogP) is 4.27. The summed E-state index contributed by atoms with van der Waals surface area (Å²) in [6, 6.07) is 7.79. The molecule has 0 spiro atoms. The average molecular weight is 299 g/mol. The van der Waals surface area contributed by atoms with E-state index >= 15 is 0 Å². The summed E-state index contributed by atoms with van der Waals surface area (Å²) in [5, 5.41) is 0.0964. The maximum Gasteiger partial charge on any atom is 0.246 e. The molecule has 2 bridgehead atoms. The van der Waals surface area contributed by atoms with Crippen molar-refractivity contribution in [3.8, 4) is 0 Å². The van der Waals surface area contributed by atoms with Gasteiger partial charge in [-0.05, 0) is 17.5 Å². The van der Waals surface area contributed by atoms with Crippen molar-refractivity contribution in [3.63, 3.8) is 0 Å². The van der Waals surface area contributed by atoms with Crippen molar-refractivity contribution in [2.75, 3.05) is 12.4 Å². The first kappa shape index (κ1) is 13.7. The van der Waals surface area contributed by atoms with Gasteiger partial charge in [-0.25, -0.2) is 0 Å². The minimum atomic E-state index is -0.642. The quantitative estimate of drug-likeness (QED) is 0.771. The van der Waals surface area contributed by atoms with Crippen LogP contribution in [0.5, 0.6) is 0 Å². The van der Waals surface area contributed by atoms with Gasteiger partial charge < -0.3 is 9.47 Å². The van der Waals surface area contributed by atoms with Crippen LogP contribution in [0.3, 0.4) is 0 Å². The van der Waals surface area contributed by atoms with Gasteiger partial charge in [-0.15, -0.1) is 0 Å². The van der Waals surface area contributed by atoms with Gasteiger partial charge >= 0.3 is 0 Å². The van der Waals surface area contributed by atoms with Gasteiger partial charge in [0.15, 0.2) is 0 Å². The third kappa shape index (κ3) is 2.42. The Hall–Kier alpha value is -0.220. The van der Waals surface area contributed by atoms with Gasteiger partial charge in [0.25, 0.3) is 0 Å². The lowest BCUT2D eigenvalue weighted by Gasteiger charge is -2.53. The molecule has 3 aliphatic heterocycles. The highest BCUT2D eigenvalue weighted by molar-refractivity contribution is 8.00. The van der Waals surface area contributed by atoms with E-state index in [4.69, 9.17) is 21.1 Å². The van der Waals surface area contributed by atoms with E-state index in [-0.39, 0.29) is 11.5 Å². The SMILES string of the molecule is CC(C)(C)C1OC2(c3ccc(Cl)cc3)OCC1CS2. The summed E-state index contributed by atoms with van der Waals surface area (Å²) in [5.41, 5.74) is 1.18. The van der Waals surface area contributed by atoms with Crippen LogP contribution in [0.2, 0.25) is 5.02 Å². The van der Waals surface area contributed by atoms with Gasteiger partial charge in [0.2, 0.25) is 5.12 Å². The van der Waals surface area contributed by atoms with E-state index in [1.807, 2.05) is 24.3 Å². The average Bonchev–Trinajstić information content (AvgIpc) is 2.39. The molecule has 4 heteroatoms. The van der Waals surface area contributed by atoms with Crippen LogP contribution in [-0.2, 0) is 14.6 Å². The Kier molecular flexibility index (Phi) is 3.37. The summed E-state index contributed by atoms with van der Waals surface area (Å²) in [5.74, 6) is 1.57. The van der Waals surface area contributed by atoms with Crippen LogP contribution in [0.15, 0.2) is 24.3 Å². The molecule has 1 aromatic rings. The van der Waals surface area contributed by atoms with E-state index in [1.165, 1.54) is 0 Å². The Morgan fingerprint density at radius 2 is 1.95 bits per heavy atom. The monoisotopic (exact) mass is 298 g/mol. The van der Waals surface area contributed by atoms with Crippen LogP contribution in [0.25, 0.3) is 0 Å². The largest absolute Gasteiger partial charge is 0.337 e. The topological polar surface area (TPSA) is 18.5 Å². The Morgan fingerprint density at radius 1 is 1.26 bits per heavy atom. The van der Waals surface area contributed by atoms with Crippen molar-refractivity contribution in [2.45, 2.75) is 32.0 Å². The summed E-state index contributed by atoms with van der Waals surface area (Å²) < 4.78 is 12.4. The van der Waals surface area contributed by atoms with Crippen LogP contribution >= 0.6 is 23.4 Å². The number of hydrogen-bond acceptors (Lipinski definition) is 3. The number of rotatable bonds is 1. The minimum Gasteiger partial charge on any atom is -0.337 e. The summed E-state index contributed by atoms with van der Waals surface area (Å²) >= 11 is 7.71. The fourth-order valence-corrected chi connectivity index (χ4v) is 4.26. The predicted molar refractivity (Wildman–Crippen MR) is 79.4 cm³/mol. The van der Waals surface area contributed by atoms with Crippen LogP contribution in [-0.4, -0.2) is 18.5 Å². The number of fused-ring (bicyclic) bond motifs is 3. The van der Waals surface area contributed by atoms with Crippen molar-refractivity contribution in [3.05, 3.63) is 34.9 Å². The summed E-state index contributed by atoms with van der Waals surface area (Å²) in [6.07, 6.45) is 0.234. The van der Waals surface area contributed by atoms with Crippen molar-refractivity contribution >= 4 is 23.4 Å². The molecule has 0 aliphatic carbocycles. The number of thioether (sulfide) groups is 1. The van der Waals surface area contributed by atoms with Crippen LogP contribution < -0.4 is 0 Å². The number of benzene rings is 1. The molecule has 4 rings (SSSR count). The van der Waals surface area contributed by atoms with Crippen LogP contribution in [0.4, 0.5) is 0 Å². The van der Waals surface area contributed by atoms with Gasteiger partial charge in [-0.3, -0.25) is 0 Å². The summed E-state index contributed by atoms with van der Waals surface area (Å²) in [4.78, 5) is 0. The van der Waals surface area contributed by atoms with Gasteiger partial charge in [-0.1, -0.05) is 56.3 Å². The van der Waals surface area contributed by atoms with Gasteiger partial charge in [-0.2, -0.15) is 0 Å². The van der Waals surface area contributed by atoms with Crippen molar-refractivity contribution in [1.29, 1.82) is 0 Å². The molecule has 3 aliphatic rings. The highest BCUT2D eigenvalue weighted by Crippen LogP contribution is 2.53. The molecule has 19 heavy (non-hydrogen) atoms. The third-order valence-corrected chi connectivity index (χ3v) is 5.41. The zero-order valence-corrected chi connectivity index (χ0v) is 13.1. The molecule has 104 valence electrons. The van der Waals surface area contributed by atoms with E-state index in [9.17, 15) is 0 Å². The van der Waals surface area contributed by atoms with E-state index in [0.29, 0.717) is 5.92 Å². The molecular formula is C15H19ClO2S. The number of hydrogen-bond donors (Lipinski definition) is 0. The smallest absolute Gasteiger partial charge is 0.246 e. The normalized spacial score (nSPS) is 34.5. The maximum atomic E-state index is 6.36. The Bertz CT molecular complexity index is 458. The summed E-state index contributed by atoms with van der Waals surface area (Å²) in [6.45, 7) is 7.48. The molecule has 3 unspecified atom stereocenters. The fraction of sp³-hybridized carbons (Fsp3) is 0.600. The minimum absolute atomic E-state index is 0.132. The molecule has 1 aromatic carbocycles. The zero-order chi connectivity index (χ0) is 13.7. The molecule has 2 nitrogen and oxygen atoms in total. The molecule has 3 atom stereocenters. The van der Waals surface area contributed by atoms with Crippen LogP contribution in [0, 0.1) is 11.3 Å². The van der Waals surface area contributed by atoms with Crippen LogP contribution in [0.1, 0.15) is 26.3 Å². The summed E-state index contributed by atoms with van der Waals surface area (Å²) in [7, 11) is 0. The molecular weight excluding hydrogens is 280 g/mol. The first-order valence-corrected chi connectivity index (χ1v) is 7.99. The van der Waals surface area contributed by atoms with Crippen molar-refractivity contribution < 1.29 is 9.47 Å². The van der Waals surface area contributed by atoms with E-state index in [1.54, 1.807) is 11.8 Å². The molecule has 0 aromatic heterocycles. The Labute approximate surface area is 123 Å². The highest BCUT2D eigenvalue weighted by Gasteiger charge is 2.53. The lowest BCUT2D eigenvalue weighted by molar-refractivity contribution is -0.291. The second kappa shape index (κ2) is 4.66. The molecule has 0 N–H and O–H groups in total. The van der Waals surface area contributed by atoms with Gasteiger partial charge in [0.05, 0.1) is 12.7 Å².